The second-order valence-corrected chi connectivity index (χ2v) is 3.62. The fourth-order valence-electron chi connectivity index (χ4n) is 0.980. The fourth-order valence-corrected chi connectivity index (χ4v) is 1.90. The van der Waals surface area contributed by atoms with E-state index in [9.17, 15) is 10.1 Å². The lowest BCUT2D eigenvalue weighted by atomic mass is 10.2. The van der Waals surface area contributed by atoms with Gasteiger partial charge in [-0.3, -0.25) is 10.1 Å². The topological polar surface area (TPSA) is 101 Å². The molecular weight excluding hydrogens is 220 g/mol. The second kappa shape index (κ2) is 5.65. The zero-order valence-corrected chi connectivity index (χ0v) is 8.75. The van der Waals surface area contributed by atoms with E-state index in [0.717, 1.165) is 11.3 Å². The number of hydrogen-bond acceptors (Lipinski definition) is 6. The van der Waals surface area contributed by atoms with Crippen LogP contribution < -0.4 is 0 Å². The summed E-state index contributed by atoms with van der Waals surface area (Å²) >= 11 is 1.05. The van der Waals surface area contributed by atoms with E-state index in [-0.39, 0.29) is 11.2 Å². The molecule has 15 heavy (non-hydrogen) atoms. The van der Waals surface area contributed by atoms with Crippen LogP contribution in [0, 0.1) is 35.3 Å². The Morgan fingerprint density at radius 3 is 2.07 bits per heavy atom. The molecule has 7 heteroatoms. The Labute approximate surface area is 88.9 Å². The summed E-state index contributed by atoms with van der Waals surface area (Å²) in [5.74, 6) is 0. The number of nitro groups is 1. The molecule has 0 radical (unpaired) electrons. The van der Waals surface area contributed by atoms with Crippen molar-refractivity contribution >= 4 is 22.5 Å². The van der Waals surface area contributed by atoms with Crippen LogP contribution in [0.2, 0.25) is 0 Å². The third-order valence-corrected chi connectivity index (χ3v) is 2.73. The number of hydrogen-bond donors (Lipinski definition) is 0. The van der Waals surface area contributed by atoms with Crippen molar-refractivity contribution in [2.75, 3.05) is 0 Å². The van der Waals surface area contributed by atoms with Gasteiger partial charge in [-0.15, -0.1) is 0 Å². The molecule has 1 aromatic rings. The molecule has 0 aromatic carbocycles. The van der Waals surface area contributed by atoms with Crippen molar-refractivity contribution in [1.82, 2.24) is 0 Å². The van der Waals surface area contributed by atoms with Crippen molar-refractivity contribution in [2.24, 2.45) is 0 Å². The summed E-state index contributed by atoms with van der Waals surface area (Å²) in [7, 11) is 0. The Hall–Kier alpha value is -2.03. The van der Waals surface area contributed by atoms with Crippen molar-refractivity contribution < 1.29 is 14.5 Å². The first-order chi connectivity index (χ1) is 6.99. The summed E-state index contributed by atoms with van der Waals surface area (Å²) in [6, 6.07) is 1.94. The summed E-state index contributed by atoms with van der Waals surface area (Å²) in [5, 5.41) is 19.1. The van der Waals surface area contributed by atoms with Gasteiger partial charge in [0, 0.05) is 4.88 Å². The zero-order valence-electron chi connectivity index (χ0n) is 7.94. The van der Waals surface area contributed by atoms with Crippen LogP contribution >= 0.6 is 11.3 Å². The smallest absolute Gasteiger partial charge is 0.258 e. The van der Waals surface area contributed by atoms with Crippen molar-refractivity contribution in [1.29, 1.82) is 5.26 Å². The summed E-state index contributed by atoms with van der Waals surface area (Å²) < 4.78 is 0. The van der Waals surface area contributed by atoms with E-state index in [0.29, 0.717) is 16.0 Å². The SMILES string of the molecule is Cc1sc([N+](=O)[O-])c(C)c1C#N.O=C=O. The van der Waals surface area contributed by atoms with Crippen LogP contribution in [0.4, 0.5) is 5.00 Å². The third kappa shape index (κ3) is 2.98. The second-order valence-electron chi connectivity index (χ2n) is 2.42. The average Bonchev–Trinajstić information content (AvgIpc) is 2.43. The molecule has 0 unspecified atom stereocenters. The van der Waals surface area contributed by atoms with Crippen LogP contribution in [0.5, 0.6) is 0 Å². The molecule has 6 nitrogen and oxygen atoms in total. The van der Waals surface area contributed by atoms with Crippen molar-refractivity contribution in [2.45, 2.75) is 13.8 Å². The first-order valence-electron chi connectivity index (χ1n) is 3.63. The highest BCUT2D eigenvalue weighted by Gasteiger charge is 2.19. The van der Waals surface area contributed by atoms with Crippen LogP contribution in [-0.4, -0.2) is 11.1 Å². The summed E-state index contributed by atoms with van der Waals surface area (Å²) in [6.45, 7) is 3.31. The van der Waals surface area contributed by atoms with E-state index in [4.69, 9.17) is 14.9 Å². The molecule has 0 spiro atoms. The van der Waals surface area contributed by atoms with Crippen LogP contribution in [0.1, 0.15) is 16.0 Å². The number of aryl methyl sites for hydroxylation is 1. The molecule has 0 saturated heterocycles. The molecule has 0 aliphatic carbocycles. The molecular formula is C8H6N2O4S. The van der Waals surface area contributed by atoms with Gasteiger partial charge in [0.25, 0.3) is 0 Å². The Kier molecular flexibility index (Phi) is 4.88. The normalized spacial score (nSPS) is 8.07. The van der Waals surface area contributed by atoms with Crippen LogP contribution in [-0.2, 0) is 9.59 Å². The molecule has 0 fully saturated rings. The van der Waals surface area contributed by atoms with Gasteiger partial charge in [-0.1, -0.05) is 11.3 Å². The van der Waals surface area contributed by atoms with E-state index in [1.807, 2.05) is 6.07 Å². The molecule has 0 aliphatic rings. The number of nitriles is 1. The van der Waals surface area contributed by atoms with Crippen LogP contribution in [0.25, 0.3) is 0 Å². The highest BCUT2D eigenvalue weighted by atomic mass is 32.1. The monoisotopic (exact) mass is 226 g/mol. The molecule has 0 bridgehead atoms. The zero-order chi connectivity index (χ0) is 12.0. The maximum Gasteiger partial charge on any atom is 0.373 e. The molecule has 78 valence electrons. The van der Waals surface area contributed by atoms with Gasteiger partial charge >= 0.3 is 11.2 Å². The van der Waals surface area contributed by atoms with Gasteiger partial charge in [-0.2, -0.15) is 14.9 Å². The van der Waals surface area contributed by atoms with E-state index < -0.39 is 4.92 Å². The molecule has 1 aromatic heterocycles. The minimum atomic E-state index is -0.451. The molecule has 0 N–H and O–H groups in total. The van der Waals surface area contributed by atoms with Crippen molar-refractivity contribution in [3.8, 4) is 6.07 Å². The maximum absolute atomic E-state index is 10.4. The van der Waals surface area contributed by atoms with Gasteiger partial charge in [-0.25, -0.2) is 0 Å². The summed E-state index contributed by atoms with van der Waals surface area (Å²) in [5.41, 5.74) is 0.914. The molecule has 1 heterocycles. The van der Waals surface area contributed by atoms with E-state index in [2.05, 4.69) is 0 Å². The number of thiophene rings is 1. The Morgan fingerprint density at radius 2 is 1.87 bits per heavy atom. The standard InChI is InChI=1S/C7H6N2O2S.CO2/c1-4-6(3-8)5(2)12-7(4)9(10)11;2-1-3/h1-2H3;. The van der Waals surface area contributed by atoms with E-state index in [1.165, 1.54) is 0 Å². The first-order valence-corrected chi connectivity index (χ1v) is 4.45. The molecule has 0 aliphatic heterocycles. The third-order valence-electron chi connectivity index (χ3n) is 1.58. The minimum Gasteiger partial charge on any atom is -0.258 e. The van der Waals surface area contributed by atoms with Crippen LogP contribution in [0.3, 0.4) is 0 Å². The molecule has 1 rings (SSSR count). The summed E-state index contributed by atoms with van der Waals surface area (Å²) in [4.78, 5) is 26.9. The molecule has 0 atom stereocenters. The van der Waals surface area contributed by atoms with Gasteiger partial charge in [-0.05, 0) is 13.8 Å². The highest BCUT2D eigenvalue weighted by molar-refractivity contribution is 7.15. The van der Waals surface area contributed by atoms with Crippen LogP contribution in [0.15, 0.2) is 0 Å². The Balaban J connectivity index is 0.000000583. The summed E-state index contributed by atoms with van der Waals surface area (Å²) in [6.07, 6.45) is 0.250. The van der Waals surface area contributed by atoms with Crippen molar-refractivity contribution in [3.63, 3.8) is 0 Å². The lowest BCUT2D eigenvalue weighted by molar-refractivity contribution is -0.380. The van der Waals surface area contributed by atoms with Gasteiger partial charge in [0.05, 0.1) is 16.1 Å². The minimum absolute atomic E-state index is 0.0732. The highest BCUT2D eigenvalue weighted by Crippen LogP contribution is 2.32. The Bertz CT molecular complexity index is 452. The number of carbonyl (C=O) groups excluding carboxylic acids is 2. The largest absolute Gasteiger partial charge is 0.373 e. The molecule has 0 saturated carbocycles. The first kappa shape index (κ1) is 13.0. The Morgan fingerprint density at radius 1 is 1.40 bits per heavy atom. The van der Waals surface area contributed by atoms with Gasteiger partial charge < -0.3 is 0 Å². The maximum atomic E-state index is 10.4. The van der Waals surface area contributed by atoms with Gasteiger partial charge in [0.1, 0.15) is 6.07 Å². The van der Waals surface area contributed by atoms with Gasteiger partial charge in [0.15, 0.2) is 0 Å². The molecule has 0 amide bonds. The lowest BCUT2D eigenvalue weighted by Gasteiger charge is -1.85. The van der Waals surface area contributed by atoms with E-state index >= 15 is 0 Å². The van der Waals surface area contributed by atoms with Crippen molar-refractivity contribution in [3.05, 3.63) is 26.1 Å². The quantitative estimate of drug-likeness (QED) is 0.534. The lowest BCUT2D eigenvalue weighted by Crippen LogP contribution is -1.86. The van der Waals surface area contributed by atoms with Gasteiger partial charge in [0.2, 0.25) is 0 Å². The van der Waals surface area contributed by atoms with E-state index in [1.54, 1.807) is 13.8 Å². The number of nitrogens with zero attached hydrogens (tertiary/aromatic N) is 2. The average molecular weight is 226 g/mol. The fraction of sp³-hybridized carbons (Fsp3) is 0.250. The predicted molar refractivity (Wildman–Crippen MR) is 50.2 cm³/mol. The predicted octanol–water partition coefficient (Wildman–Crippen LogP) is 1.56. The number of rotatable bonds is 1.